The molecule has 0 aromatic rings. The molecule has 4 fully saturated rings. The van der Waals surface area contributed by atoms with Crippen molar-refractivity contribution in [2.75, 3.05) is 7.11 Å². The molecule has 4 aliphatic carbocycles. The minimum absolute atomic E-state index is 0.0350. The van der Waals surface area contributed by atoms with Crippen molar-refractivity contribution in [1.82, 2.24) is 0 Å². The Balaban J connectivity index is 1.59. The summed E-state index contributed by atoms with van der Waals surface area (Å²) in [5.41, 5.74) is 2.12. The van der Waals surface area contributed by atoms with Crippen LogP contribution in [0.2, 0.25) is 0 Å². The van der Waals surface area contributed by atoms with Gasteiger partial charge < -0.3 is 9.94 Å². The lowest BCUT2D eigenvalue weighted by atomic mass is 9.44. The van der Waals surface area contributed by atoms with Crippen LogP contribution in [-0.4, -0.2) is 24.0 Å². The summed E-state index contributed by atoms with van der Waals surface area (Å²) in [6, 6.07) is 0. The predicted molar refractivity (Wildman–Crippen MR) is 101 cm³/mol. The highest BCUT2D eigenvalue weighted by atomic mass is 16.6. The SMILES string of the molecule is CO/N=C(/C)[C@H]1CC[C@H]2[C@@H]3CC[C@H]4C[C@@H](O)CC[C@]4(C)[C@H]3CC[C@]12C. The number of hydrogen-bond acceptors (Lipinski definition) is 3. The maximum absolute atomic E-state index is 10.2. The average Bonchev–Trinajstić information content (AvgIpc) is 2.93. The second kappa shape index (κ2) is 6.25. The fourth-order valence-corrected chi connectivity index (χ4v) is 8.13. The van der Waals surface area contributed by atoms with Gasteiger partial charge in [-0.05, 0) is 99.2 Å². The Morgan fingerprint density at radius 2 is 1.68 bits per heavy atom. The second-order valence-corrected chi connectivity index (χ2v) is 10.2. The second-order valence-electron chi connectivity index (χ2n) is 10.2. The van der Waals surface area contributed by atoms with Crippen LogP contribution in [0.1, 0.15) is 78.6 Å². The molecular formula is C22H37NO2. The van der Waals surface area contributed by atoms with Gasteiger partial charge in [0.25, 0.3) is 0 Å². The Morgan fingerprint density at radius 3 is 2.44 bits per heavy atom. The first-order chi connectivity index (χ1) is 11.9. The Bertz CT molecular complexity index is 546. The summed E-state index contributed by atoms with van der Waals surface area (Å²) in [6.45, 7) is 7.31. The van der Waals surface area contributed by atoms with E-state index in [4.69, 9.17) is 4.84 Å². The molecule has 3 nitrogen and oxygen atoms in total. The van der Waals surface area contributed by atoms with Crippen molar-refractivity contribution in [3.8, 4) is 0 Å². The van der Waals surface area contributed by atoms with Crippen LogP contribution in [0.5, 0.6) is 0 Å². The zero-order valence-corrected chi connectivity index (χ0v) is 16.6. The van der Waals surface area contributed by atoms with Crippen molar-refractivity contribution in [2.24, 2.45) is 45.6 Å². The number of rotatable bonds is 2. The van der Waals surface area contributed by atoms with Crippen molar-refractivity contribution in [3.05, 3.63) is 0 Å². The molecule has 4 saturated carbocycles. The summed E-state index contributed by atoms with van der Waals surface area (Å²) in [5.74, 6) is 4.02. The third-order valence-electron chi connectivity index (χ3n) is 9.38. The van der Waals surface area contributed by atoms with Crippen LogP contribution in [-0.2, 0) is 4.84 Å². The maximum atomic E-state index is 10.2. The fourth-order valence-electron chi connectivity index (χ4n) is 8.13. The smallest absolute Gasteiger partial charge is 0.106 e. The average molecular weight is 348 g/mol. The summed E-state index contributed by atoms with van der Waals surface area (Å²) >= 11 is 0. The van der Waals surface area contributed by atoms with Gasteiger partial charge in [-0.15, -0.1) is 0 Å². The van der Waals surface area contributed by atoms with Gasteiger partial charge in [0.05, 0.1) is 11.8 Å². The van der Waals surface area contributed by atoms with Crippen LogP contribution >= 0.6 is 0 Å². The molecule has 1 N–H and O–H groups in total. The molecule has 0 heterocycles. The standard InChI is InChI=1S/C22H37NO2/c1-14(23-25-4)18-7-8-19-17-6-5-15-13-16(24)9-11-21(15,2)20(17)10-12-22(18,19)3/h15-20,24H,5-13H2,1-4H3/b23-14-/t15-,16-,17-,18+,19-,20-,21-,22+/m0/s1. The first kappa shape index (κ1) is 17.8. The number of aliphatic hydroxyl groups is 1. The van der Waals surface area contributed by atoms with E-state index in [9.17, 15) is 5.11 Å². The highest BCUT2D eigenvalue weighted by Crippen LogP contribution is 2.67. The molecule has 4 rings (SSSR count). The first-order valence-electron chi connectivity index (χ1n) is 10.7. The van der Waals surface area contributed by atoms with Crippen molar-refractivity contribution in [1.29, 1.82) is 0 Å². The summed E-state index contributed by atoms with van der Waals surface area (Å²) < 4.78 is 0. The Kier molecular flexibility index (Phi) is 4.46. The van der Waals surface area contributed by atoms with Crippen molar-refractivity contribution < 1.29 is 9.94 Å². The van der Waals surface area contributed by atoms with Gasteiger partial charge >= 0.3 is 0 Å². The summed E-state index contributed by atoms with van der Waals surface area (Å²) in [7, 11) is 1.68. The minimum atomic E-state index is -0.0350. The molecule has 142 valence electrons. The molecule has 0 amide bonds. The van der Waals surface area contributed by atoms with Crippen LogP contribution in [0.25, 0.3) is 0 Å². The van der Waals surface area contributed by atoms with Crippen LogP contribution in [0.3, 0.4) is 0 Å². The molecule has 4 aliphatic rings. The summed E-state index contributed by atoms with van der Waals surface area (Å²) in [4.78, 5) is 5.11. The van der Waals surface area contributed by atoms with Crippen LogP contribution < -0.4 is 0 Å². The number of fused-ring (bicyclic) bond motifs is 5. The number of hydrogen-bond donors (Lipinski definition) is 1. The quantitative estimate of drug-likeness (QED) is 0.562. The molecule has 8 atom stereocenters. The number of nitrogens with zero attached hydrogens (tertiary/aromatic N) is 1. The van der Waals surface area contributed by atoms with Gasteiger partial charge in [-0.2, -0.15) is 0 Å². The van der Waals surface area contributed by atoms with Crippen molar-refractivity contribution in [3.63, 3.8) is 0 Å². The van der Waals surface area contributed by atoms with Gasteiger partial charge in [-0.3, -0.25) is 0 Å². The molecule has 25 heavy (non-hydrogen) atoms. The lowest BCUT2D eigenvalue weighted by Gasteiger charge is -2.61. The van der Waals surface area contributed by atoms with E-state index < -0.39 is 0 Å². The third-order valence-corrected chi connectivity index (χ3v) is 9.38. The third kappa shape index (κ3) is 2.59. The molecular weight excluding hydrogens is 310 g/mol. The molecule has 0 spiro atoms. The Labute approximate surface area is 153 Å². The zero-order valence-electron chi connectivity index (χ0n) is 16.6. The van der Waals surface area contributed by atoms with Gasteiger partial charge in [0, 0.05) is 5.92 Å². The van der Waals surface area contributed by atoms with E-state index in [1.165, 1.54) is 50.7 Å². The molecule has 0 aromatic carbocycles. The largest absolute Gasteiger partial charge is 0.399 e. The molecule has 3 heteroatoms. The van der Waals surface area contributed by atoms with Crippen LogP contribution in [0.15, 0.2) is 5.16 Å². The molecule has 0 unspecified atom stereocenters. The van der Waals surface area contributed by atoms with E-state index in [0.717, 1.165) is 36.5 Å². The Morgan fingerprint density at radius 1 is 0.960 bits per heavy atom. The zero-order chi connectivity index (χ0) is 17.8. The topological polar surface area (TPSA) is 41.8 Å². The monoisotopic (exact) mass is 347 g/mol. The highest BCUT2D eigenvalue weighted by molar-refractivity contribution is 5.85. The number of oxime groups is 1. The molecule has 0 aromatic heterocycles. The van der Waals surface area contributed by atoms with E-state index in [1.807, 2.05) is 0 Å². The van der Waals surface area contributed by atoms with Gasteiger partial charge in [0.2, 0.25) is 0 Å². The van der Waals surface area contributed by atoms with E-state index >= 15 is 0 Å². The maximum Gasteiger partial charge on any atom is 0.106 e. The van der Waals surface area contributed by atoms with Crippen LogP contribution in [0.4, 0.5) is 0 Å². The molecule has 0 bridgehead atoms. The number of aliphatic hydroxyl groups excluding tert-OH is 1. The molecule has 0 saturated heterocycles. The van der Waals surface area contributed by atoms with E-state index in [2.05, 4.69) is 25.9 Å². The minimum Gasteiger partial charge on any atom is -0.399 e. The van der Waals surface area contributed by atoms with Crippen LogP contribution in [0, 0.1) is 40.4 Å². The summed E-state index contributed by atoms with van der Waals surface area (Å²) in [6.07, 6.45) is 11.4. The van der Waals surface area contributed by atoms with Crippen molar-refractivity contribution >= 4 is 5.71 Å². The van der Waals surface area contributed by atoms with Gasteiger partial charge in [0.1, 0.15) is 7.11 Å². The van der Waals surface area contributed by atoms with Crippen molar-refractivity contribution in [2.45, 2.75) is 84.7 Å². The first-order valence-corrected chi connectivity index (χ1v) is 10.7. The normalized spacial score (nSPS) is 52.9. The fraction of sp³-hybridized carbons (Fsp3) is 0.955. The van der Waals surface area contributed by atoms with E-state index in [1.54, 1.807) is 7.11 Å². The highest BCUT2D eigenvalue weighted by Gasteiger charge is 2.60. The molecule has 0 radical (unpaired) electrons. The van der Waals surface area contributed by atoms with Gasteiger partial charge in [-0.1, -0.05) is 19.0 Å². The lowest BCUT2D eigenvalue weighted by Crippen LogP contribution is -2.54. The summed E-state index contributed by atoms with van der Waals surface area (Å²) in [5, 5.41) is 14.5. The van der Waals surface area contributed by atoms with Gasteiger partial charge in [0.15, 0.2) is 0 Å². The van der Waals surface area contributed by atoms with E-state index in [-0.39, 0.29) is 6.10 Å². The predicted octanol–water partition coefficient (Wildman–Crippen LogP) is 5.03. The molecule has 0 aliphatic heterocycles. The van der Waals surface area contributed by atoms with Gasteiger partial charge in [-0.25, -0.2) is 0 Å². The Hall–Kier alpha value is -0.570. The van der Waals surface area contributed by atoms with E-state index in [0.29, 0.717) is 16.7 Å². The lowest BCUT2D eigenvalue weighted by molar-refractivity contribution is -0.123.